The number of hydrogen-bond acceptors (Lipinski definition) is 5. The van der Waals surface area contributed by atoms with Gasteiger partial charge in [0.05, 0.1) is 12.2 Å². The molecule has 2 aromatic carbocycles. The van der Waals surface area contributed by atoms with Crippen LogP contribution < -0.4 is 9.47 Å². The summed E-state index contributed by atoms with van der Waals surface area (Å²) >= 11 is 0. The fourth-order valence-corrected chi connectivity index (χ4v) is 4.81. The Morgan fingerprint density at radius 2 is 1.45 bits per heavy atom. The summed E-state index contributed by atoms with van der Waals surface area (Å²) in [7, 11) is 0. The molecule has 0 N–H and O–H groups in total. The molecular weight excluding hydrogens is 483 g/mol. The van der Waals surface area contributed by atoms with Gasteiger partial charge in [-0.1, -0.05) is 64.5 Å². The Kier molecular flexibility index (Phi) is 12.6. The van der Waals surface area contributed by atoms with Gasteiger partial charge in [-0.05, 0) is 86.4 Å². The Hall–Kier alpha value is -2.89. The topological polar surface area (TPSA) is 61.8 Å². The zero-order valence-electron chi connectivity index (χ0n) is 23.0. The molecule has 0 unspecified atom stereocenters. The maximum Gasteiger partial charge on any atom is 0.343 e. The molecule has 1 aliphatic rings. The van der Waals surface area contributed by atoms with E-state index in [-0.39, 0.29) is 12.5 Å². The van der Waals surface area contributed by atoms with Crippen molar-refractivity contribution in [2.75, 3.05) is 6.61 Å². The van der Waals surface area contributed by atoms with E-state index < -0.39 is 18.1 Å². The van der Waals surface area contributed by atoms with Crippen molar-refractivity contribution in [3.8, 4) is 11.5 Å². The van der Waals surface area contributed by atoms with Crippen LogP contribution in [0.2, 0.25) is 0 Å². The summed E-state index contributed by atoms with van der Waals surface area (Å²) in [5.41, 5.74) is 1.64. The van der Waals surface area contributed by atoms with Gasteiger partial charge in [0.2, 0.25) is 0 Å². The minimum Gasteiger partial charge on any atom is -0.494 e. The Morgan fingerprint density at radius 1 is 0.816 bits per heavy atom. The first kappa shape index (κ1) is 29.7. The van der Waals surface area contributed by atoms with E-state index in [0.717, 1.165) is 49.8 Å². The van der Waals surface area contributed by atoms with Crippen LogP contribution >= 0.6 is 0 Å². The van der Waals surface area contributed by atoms with Crippen LogP contribution in [0.4, 0.5) is 4.39 Å². The summed E-state index contributed by atoms with van der Waals surface area (Å²) in [6, 6.07) is 14.7. The van der Waals surface area contributed by atoms with Gasteiger partial charge in [0, 0.05) is 0 Å². The van der Waals surface area contributed by atoms with Gasteiger partial charge < -0.3 is 14.2 Å². The standard InChI is InChI=1S/C32H43FO5/c1-3-5-7-8-9-23-36-27-17-15-26(16-18-27)31(34)37-28-19-11-24(12-20-28)25-13-21-29(22-14-25)38-32(35)30(33)10-6-4-2/h11-12,15-20,25,29-30H,3-10,13-14,21-23H2,1-2H3/t25-,29-,30-/m0/s1. The van der Waals surface area contributed by atoms with E-state index in [0.29, 0.717) is 30.3 Å². The highest BCUT2D eigenvalue weighted by Crippen LogP contribution is 2.35. The molecule has 38 heavy (non-hydrogen) atoms. The minimum atomic E-state index is -1.51. The second kappa shape index (κ2) is 16.2. The van der Waals surface area contributed by atoms with Crippen molar-refractivity contribution in [1.29, 1.82) is 0 Å². The molecule has 0 radical (unpaired) electrons. The molecule has 0 heterocycles. The van der Waals surface area contributed by atoms with E-state index in [1.807, 2.05) is 31.2 Å². The smallest absolute Gasteiger partial charge is 0.343 e. The number of unbranched alkanes of at least 4 members (excludes halogenated alkanes) is 5. The predicted octanol–water partition coefficient (Wildman–Crippen LogP) is 8.35. The van der Waals surface area contributed by atoms with Gasteiger partial charge in [-0.3, -0.25) is 0 Å². The number of esters is 2. The van der Waals surface area contributed by atoms with Crippen LogP contribution in [-0.2, 0) is 9.53 Å². The normalized spacial score (nSPS) is 18.0. The van der Waals surface area contributed by atoms with E-state index >= 15 is 0 Å². The molecule has 1 fully saturated rings. The molecular formula is C32H43FO5. The van der Waals surface area contributed by atoms with Crippen molar-refractivity contribution in [2.24, 2.45) is 0 Å². The molecule has 2 aromatic rings. The fraction of sp³-hybridized carbons (Fsp3) is 0.562. The van der Waals surface area contributed by atoms with E-state index in [2.05, 4.69) is 6.92 Å². The second-order valence-corrected chi connectivity index (χ2v) is 10.3. The van der Waals surface area contributed by atoms with Crippen LogP contribution in [0, 0.1) is 0 Å². The van der Waals surface area contributed by atoms with E-state index in [1.165, 1.54) is 25.7 Å². The van der Waals surface area contributed by atoms with Gasteiger partial charge in [0.15, 0.2) is 6.17 Å². The average molecular weight is 527 g/mol. The summed E-state index contributed by atoms with van der Waals surface area (Å²) < 4.78 is 30.6. The third-order valence-corrected chi connectivity index (χ3v) is 7.19. The lowest BCUT2D eigenvalue weighted by molar-refractivity contribution is -0.157. The molecule has 0 aliphatic heterocycles. The lowest BCUT2D eigenvalue weighted by Crippen LogP contribution is -2.28. The molecule has 6 heteroatoms. The quantitative estimate of drug-likeness (QED) is 0.133. The van der Waals surface area contributed by atoms with Crippen LogP contribution in [0.15, 0.2) is 48.5 Å². The number of carbonyl (C=O) groups is 2. The van der Waals surface area contributed by atoms with Crippen LogP contribution in [0.5, 0.6) is 11.5 Å². The van der Waals surface area contributed by atoms with Crippen LogP contribution in [0.1, 0.15) is 113 Å². The van der Waals surface area contributed by atoms with Gasteiger partial charge >= 0.3 is 11.9 Å². The molecule has 0 spiro atoms. The van der Waals surface area contributed by atoms with E-state index in [4.69, 9.17) is 14.2 Å². The molecule has 5 nitrogen and oxygen atoms in total. The maximum absolute atomic E-state index is 13.9. The largest absolute Gasteiger partial charge is 0.494 e. The number of ether oxygens (including phenoxy) is 3. The molecule has 1 atom stereocenters. The number of alkyl halides is 1. The number of hydrogen-bond donors (Lipinski definition) is 0. The zero-order valence-corrected chi connectivity index (χ0v) is 23.0. The van der Waals surface area contributed by atoms with Gasteiger partial charge in [-0.25, -0.2) is 14.0 Å². The molecule has 0 bridgehead atoms. The summed E-state index contributed by atoms with van der Waals surface area (Å²) in [5.74, 6) is 0.473. The van der Waals surface area contributed by atoms with Crippen LogP contribution in [-0.4, -0.2) is 30.8 Å². The highest BCUT2D eigenvalue weighted by Gasteiger charge is 2.27. The van der Waals surface area contributed by atoms with Crippen molar-refractivity contribution < 1.29 is 28.2 Å². The van der Waals surface area contributed by atoms with Gasteiger partial charge in [0.1, 0.15) is 17.6 Å². The summed E-state index contributed by atoms with van der Waals surface area (Å²) in [6.45, 7) is 4.86. The lowest BCUT2D eigenvalue weighted by atomic mass is 9.83. The van der Waals surface area contributed by atoms with Crippen LogP contribution in [0.25, 0.3) is 0 Å². The number of benzene rings is 2. The first-order valence-electron chi connectivity index (χ1n) is 14.4. The third-order valence-electron chi connectivity index (χ3n) is 7.19. The Labute approximate surface area is 227 Å². The second-order valence-electron chi connectivity index (χ2n) is 10.3. The van der Waals surface area contributed by atoms with E-state index in [9.17, 15) is 14.0 Å². The summed E-state index contributed by atoms with van der Waals surface area (Å²) in [6.07, 6.45) is 9.21. The number of rotatable bonds is 15. The first-order valence-corrected chi connectivity index (χ1v) is 14.4. The molecule has 0 amide bonds. The summed E-state index contributed by atoms with van der Waals surface area (Å²) in [4.78, 5) is 24.5. The van der Waals surface area contributed by atoms with Crippen LogP contribution in [0.3, 0.4) is 0 Å². The Bertz CT molecular complexity index is 964. The first-order chi connectivity index (χ1) is 18.5. The highest BCUT2D eigenvalue weighted by molar-refractivity contribution is 5.91. The van der Waals surface area contributed by atoms with Gasteiger partial charge in [-0.2, -0.15) is 0 Å². The van der Waals surface area contributed by atoms with Gasteiger partial charge in [0.25, 0.3) is 0 Å². The zero-order chi connectivity index (χ0) is 27.2. The predicted molar refractivity (Wildman–Crippen MR) is 148 cm³/mol. The average Bonchev–Trinajstić information content (AvgIpc) is 2.94. The Balaban J connectivity index is 1.40. The molecule has 208 valence electrons. The Morgan fingerprint density at radius 3 is 2.11 bits per heavy atom. The molecule has 0 saturated heterocycles. The highest BCUT2D eigenvalue weighted by atomic mass is 19.1. The minimum absolute atomic E-state index is 0.207. The summed E-state index contributed by atoms with van der Waals surface area (Å²) in [5, 5.41) is 0. The van der Waals surface area contributed by atoms with Gasteiger partial charge in [-0.15, -0.1) is 0 Å². The molecule has 0 aromatic heterocycles. The SMILES string of the molecule is CCCCCCCOc1ccc(C(=O)Oc2ccc([C@H]3CC[C@H](OC(=O)[C@@H](F)CCCC)CC3)cc2)cc1. The van der Waals surface area contributed by atoms with Crippen molar-refractivity contribution in [2.45, 2.75) is 109 Å². The van der Waals surface area contributed by atoms with Crippen molar-refractivity contribution in [3.63, 3.8) is 0 Å². The fourth-order valence-electron chi connectivity index (χ4n) is 4.81. The molecule has 3 rings (SSSR count). The van der Waals surface area contributed by atoms with Crippen molar-refractivity contribution in [1.82, 2.24) is 0 Å². The maximum atomic E-state index is 13.9. The monoisotopic (exact) mass is 526 g/mol. The van der Waals surface area contributed by atoms with E-state index in [1.54, 1.807) is 24.3 Å². The third kappa shape index (κ3) is 9.77. The number of halogens is 1. The lowest BCUT2D eigenvalue weighted by Gasteiger charge is -2.29. The molecule has 1 saturated carbocycles. The van der Waals surface area contributed by atoms with Crippen molar-refractivity contribution >= 4 is 11.9 Å². The van der Waals surface area contributed by atoms with Crippen molar-refractivity contribution in [3.05, 3.63) is 59.7 Å². The molecule has 1 aliphatic carbocycles. The number of carbonyl (C=O) groups excluding carboxylic acids is 2.